The highest BCUT2D eigenvalue weighted by molar-refractivity contribution is 9.10. The van der Waals surface area contributed by atoms with Gasteiger partial charge in [-0.1, -0.05) is 29.3 Å². The van der Waals surface area contributed by atoms with Crippen molar-refractivity contribution in [2.24, 2.45) is 5.92 Å². The zero-order valence-corrected chi connectivity index (χ0v) is 10.4. The Kier molecular flexibility index (Phi) is 4.63. The van der Waals surface area contributed by atoms with E-state index in [0.717, 1.165) is 12.5 Å². The number of halogens is 2. The van der Waals surface area contributed by atoms with Gasteiger partial charge in [-0.2, -0.15) is 5.26 Å². The Balaban J connectivity index is 3.04. The molecule has 0 bridgehead atoms. The number of benzene rings is 1. The molecule has 0 aliphatic carbocycles. The molecule has 0 aliphatic rings. The molecule has 1 atom stereocenters. The van der Waals surface area contributed by atoms with Crippen molar-refractivity contribution in [1.29, 1.82) is 5.26 Å². The molecule has 0 N–H and O–H groups in total. The van der Waals surface area contributed by atoms with Gasteiger partial charge in [0, 0.05) is 10.0 Å². The van der Waals surface area contributed by atoms with Gasteiger partial charge in [-0.05, 0) is 24.6 Å². The fourth-order valence-corrected chi connectivity index (χ4v) is 1.86. The summed E-state index contributed by atoms with van der Waals surface area (Å²) in [6.45, 7) is 1.90. The van der Waals surface area contributed by atoms with E-state index in [-0.39, 0.29) is 11.3 Å². The number of carbonyl (C=O) groups excluding carboxylic acids is 1. The molecule has 1 rings (SSSR count). The van der Waals surface area contributed by atoms with Crippen LogP contribution in [-0.2, 0) is 0 Å². The first-order valence-corrected chi connectivity index (χ1v) is 5.78. The van der Waals surface area contributed by atoms with Crippen molar-refractivity contribution in [2.45, 2.75) is 19.8 Å². The predicted octanol–water partition coefficient (Wildman–Crippen LogP) is 3.71. The molecule has 0 fully saturated rings. The summed E-state index contributed by atoms with van der Waals surface area (Å²) in [6, 6.07) is 5.86. The minimum absolute atomic E-state index is 0.236. The van der Waals surface area contributed by atoms with Gasteiger partial charge >= 0.3 is 0 Å². The molecule has 0 spiro atoms. The normalized spacial score (nSPS) is 11.9. The first-order valence-electron chi connectivity index (χ1n) is 4.99. The van der Waals surface area contributed by atoms with Crippen LogP contribution in [0.3, 0.4) is 0 Å². The Morgan fingerprint density at radius 3 is 2.88 bits per heavy atom. The lowest BCUT2D eigenvalue weighted by atomic mass is 9.95. The maximum atomic E-state index is 13.0. The minimum Gasteiger partial charge on any atom is -0.293 e. The largest absolute Gasteiger partial charge is 0.293 e. The molecule has 0 saturated carbocycles. The maximum absolute atomic E-state index is 13.0. The number of hydrogen-bond acceptors (Lipinski definition) is 2. The van der Waals surface area contributed by atoms with E-state index in [1.165, 1.54) is 12.1 Å². The lowest BCUT2D eigenvalue weighted by Crippen LogP contribution is -2.13. The summed E-state index contributed by atoms with van der Waals surface area (Å²) in [7, 11) is 0. The molecule has 0 amide bonds. The smallest absolute Gasteiger partial charge is 0.181 e. The Hall–Kier alpha value is -1.21. The SMILES string of the molecule is CCCC(C#N)C(=O)c1cc(F)ccc1Br. The van der Waals surface area contributed by atoms with Crippen LogP contribution in [0.5, 0.6) is 0 Å². The zero-order valence-electron chi connectivity index (χ0n) is 8.84. The highest BCUT2D eigenvalue weighted by Crippen LogP contribution is 2.22. The van der Waals surface area contributed by atoms with E-state index in [4.69, 9.17) is 5.26 Å². The Bertz CT molecular complexity index is 439. The fraction of sp³-hybridized carbons (Fsp3) is 0.333. The first-order chi connectivity index (χ1) is 7.60. The molecule has 16 heavy (non-hydrogen) atoms. The molecular formula is C12H11BrFNO. The second kappa shape index (κ2) is 5.76. The monoisotopic (exact) mass is 283 g/mol. The second-order valence-electron chi connectivity index (χ2n) is 3.46. The summed E-state index contributed by atoms with van der Waals surface area (Å²) in [5.74, 6) is -1.49. The number of carbonyl (C=O) groups is 1. The van der Waals surface area contributed by atoms with Gasteiger partial charge < -0.3 is 0 Å². The van der Waals surface area contributed by atoms with Crippen LogP contribution in [0.25, 0.3) is 0 Å². The summed E-state index contributed by atoms with van der Waals surface area (Å²) < 4.78 is 13.5. The van der Waals surface area contributed by atoms with Crippen molar-refractivity contribution in [2.75, 3.05) is 0 Å². The number of Topliss-reactive ketones (excluding diaryl/α,β-unsaturated/α-hetero) is 1. The standard InChI is InChI=1S/C12H11BrFNO/c1-2-3-8(7-15)12(16)10-6-9(14)4-5-11(10)13/h4-6,8H,2-3H2,1H3. The van der Waals surface area contributed by atoms with E-state index in [1.807, 2.05) is 13.0 Å². The highest BCUT2D eigenvalue weighted by Gasteiger charge is 2.21. The molecule has 0 heterocycles. The van der Waals surface area contributed by atoms with E-state index in [1.54, 1.807) is 0 Å². The van der Waals surface area contributed by atoms with Gasteiger partial charge in [0.2, 0.25) is 0 Å². The van der Waals surface area contributed by atoms with Gasteiger partial charge in [-0.15, -0.1) is 0 Å². The number of rotatable bonds is 4. The summed E-state index contributed by atoms with van der Waals surface area (Å²) in [5, 5.41) is 8.87. The van der Waals surface area contributed by atoms with Crippen LogP contribution in [0.1, 0.15) is 30.1 Å². The van der Waals surface area contributed by atoms with Crippen LogP contribution in [0.2, 0.25) is 0 Å². The van der Waals surface area contributed by atoms with Crippen molar-refractivity contribution in [1.82, 2.24) is 0 Å². The van der Waals surface area contributed by atoms with Gasteiger partial charge in [0.05, 0.1) is 6.07 Å². The zero-order chi connectivity index (χ0) is 12.1. The molecule has 1 unspecified atom stereocenters. The van der Waals surface area contributed by atoms with E-state index < -0.39 is 11.7 Å². The number of nitrogens with zero attached hydrogens (tertiary/aromatic N) is 1. The minimum atomic E-state index is -0.692. The van der Waals surface area contributed by atoms with Crippen LogP contribution in [-0.4, -0.2) is 5.78 Å². The van der Waals surface area contributed by atoms with E-state index >= 15 is 0 Å². The molecule has 0 saturated heterocycles. The molecule has 1 aromatic rings. The Morgan fingerprint density at radius 1 is 1.62 bits per heavy atom. The van der Waals surface area contributed by atoms with Gasteiger partial charge in [0.15, 0.2) is 5.78 Å². The predicted molar refractivity (Wildman–Crippen MR) is 62.4 cm³/mol. The molecule has 0 aliphatic heterocycles. The average Bonchev–Trinajstić information content (AvgIpc) is 2.28. The van der Waals surface area contributed by atoms with Crippen LogP contribution in [0, 0.1) is 23.1 Å². The lowest BCUT2D eigenvalue weighted by Gasteiger charge is -2.08. The van der Waals surface area contributed by atoms with E-state index in [2.05, 4.69) is 15.9 Å². The average molecular weight is 284 g/mol. The van der Waals surface area contributed by atoms with Crippen LogP contribution in [0.15, 0.2) is 22.7 Å². The number of ketones is 1. The third-order valence-corrected chi connectivity index (χ3v) is 2.94. The molecular weight excluding hydrogens is 273 g/mol. The van der Waals surface area contributed by atoms with Crippen molar-refractivity contribution in [3.63, 3.8) is 0 Å². The first kappa shape index (κ1) is 12.9. The third-order valence-electron chi connectivity index (χ3n) is 2.24. The summed E-state index contributed by atoms with van der Waals surface area (Å²) in [4.78, 5) is 11.9. The fourth-order valence-electron chi connectivity index (χ4n) is 1.42. The summed E-state index contributed by atoms with van der Waals surface area (Å²) in [5.41, 5.74) is 0.236. The molecule has 4 heteroatoms. The Morgan fingerprint density at radius 2 is 2.31 bits per heavy atom. The summed E-state index contributed by atoms with van der Waals surface area (Å²) in [6.07, 6.45) is 1.25. The van der Waals surface area contributed by atoms with Gasteiger partial charge in [0.25, 0.3) is 0 Å². The molecule has 84 valence electrons. The van der Waals surface area contributed by atoms with Gasteiger partial charge in [-0.25, -0.2) is 4.39 Å². The quantitative estimate of drug-likeness (QED) is 0.791. The molecule has 1 aromatic carbocycles. The van der Waals surface area contributed by atoms with Crippen molar-refractivity contribution in [3.8, 4) is 6.07 Å². The van der Waals surface area contributed by atoms with Crippen molar-refractivity contribution < 1.29 is 9.18 Å². The van der Waals surface area contributed by atoms with Gasteiger partial charge in [0.1, 0.15) is 11.7 Å². The summed E-state index contributed by atoms with van der Waals surface area (Å²) >= 11 is 3.18. The Labute approximate surface area is 102 Å². The number of hydrogen-bond donors (Lipinski definition) is 0. The maximum Gasteiger partial charge on any atom is 0.181 e. The van der Waals surface area contributed by atoms with Crippen LogP contribution < -0.4 is 0 Å². The van der Waals surface area contributed by atoms with Crippen LogP contribution >= 0.6 is 15.9 Å². The molecule has 0 radical (unpaired) electrons. The van der Waals surface area contributed by atoms with Crippen molar-refractivity contribution in [3.05, 3.63) is 34.1 Å². The van der Waals surface area contributed by atoms with E-state index in [9.17, 15) is 9.18 Å². The van der Waals surface area contributed by atoms with Crippen LogP contribution in [0.4, 0.5) is 4.39 Å². The van der Waals surface area contributed by atoms with E-state index in [0.29, 0.717) is 10.9 Å². The lowest BCUT2D eigenvalue weighted by molar-refractivity contribution is 0.0942. The second-order valence-corrected chi connectivity index (χ2v) is 4.31. The third kappa shape index (κ3) is 2.89. The number of nitriles is 1. The molecule has 0 aromatic heterocycles. The molecule has 2 nitrogen and oxygen atoms in total. The van der Waals surface area contributed by atoms with Gasteiger partial charge in [-0.3, -0.25) is 4.79 Å². The van der Waals surface area contributed by atoms with Crippen molar-refractivity contribution >= 4 is 21.7 Å². The highest BCUT2D eigenvalue weighted by atomic mass is 79.9. The topological polar surface area (TPSA) is 40.9 Å².